The van der Waals surface area contributed by atoms with E-state index in [2.05, 4.69) is 83.1 Å². The zero-order valence-electron chi connectivity index (χ0n) is 23.1. The third kappa shape index (κ3) is 5.61. The first-order chi connectivity index (χ1) is 18.2. The summed E-state index contributed by atoms with van der Waals surface area (Å²) in [6.07, 6.45) is 0.590. The zero-order chi connectivity index (χ0) is 27.3. The van der Waals surface area contributed by atoms with Crippen molar-refractivity contribution >= 4 is 31.1 Å². The van der Waals surface area contributed by atoms with Gasteiger partial charge in [0.05, 0.1) is 18.6 Å². The molecule has 200 valence electrons. The summed E-state index contributed by atoms with van der Waals surface area (Å²) in [5, 5.41) is 2.33. The maximum Gasteiger partial charge on any atom is 0.410 e. The van der Waals surface area contributed by atoms with Gasteiger partial charge < -0.3 is 18.9 Å². The highest BCUT2D eigenvalue weighted by atomic mass is 28.4. The molecule has 0 N–H and O–H groups in total. The van der Waals surface area contributed by atoms with Gasteiger partial charge >= 0.3 is 6.09 Å². The van der Waals surface area contributed by atoms with Gasteiger partial charge in [-0.25, -0.2) is 4.79 Å². The van der Waals surface area contributed by atoms with Crippen LogP contribution >= 0.6 is 0 Å². The topological polar surface area (TPSA) is 55.8 Å². The SMILES string of the molecule is CC(C)[C@H]1COC(=O)N1C[C@@H](C=O)c1cccc(CO[Si](c2ccccc2)(c2ccccc2)C(C)(C)C)c1. The molecule has 0 radical (unpaired) electrons. The van der Waals surface area contributed by atoms with Crippen LogP contribution in [0.2, 0.25) is 5.04 Å². The van der Waals surface area contributed by atoms with Gasteiger partial charge in [0, 0.05) is 6.54 Å². The smallest absolute Gasteiger partial charge is 0.410 e. The molecule has 1 heterocycles. The van der Waals surface area contributed by atoms with E-state index in [0.29, 0.717) is 19.8 Å². The average molecular weight is 530 g/mol. The van der Waals surface area contributed by atoms with Crippen molar-refractivity contribution in [2.24, 2.45) is 5.92 Å². The summed E-state index contributed by atoms with van der Waals surface area (Å²) in [6.45, 7) is 12.0. The summed E-state index contributed by atoms with van der Waals surface area (Å²) in [5.74, 6) is -0.186. The molecule has 3 aromatic rings. The zero-order valence-corrected chi connectivity index (χ0v) is 24.1. The largest absolute Gasteiger partial charge is 0.447 e. The van der Waals surface area contributed by atoms with Gasteiger partial charge in [0.1, 0.15) is 12.9 Å². The first-order valence-electron chi connectivity index (χ1n) is 13.4. The maximum absolute atomic E-state index is 12.4. The van der Waals surface area contributed by atoms with Crippen molar-refractivity contribution in [3.8, 4) is 0 Å². The van der Waals surface area contributed by atoms with Gasteiger partial charge in [-0.3, -0.25) is 0 Å². The fourth-order valence-corrected chi connectivity index (χ4v) is 10.1. The minimum atomic E-state index is -2.68. The van der Waals surface area contributed by atoms with Crippen LogP contribution < -0.4 is 10.4 Å². The van der Waals surface area contributed by atoms with E-state index in [1.807, 2.05) is 36.4 Å². The molecule has 3 aromatic carbocycles. The third-order valence-electron chi connectivity index (χ3n) is 7.59. The molecule has 0 bridgehead atoms. The number of ether oxygens (including phenoxy) is 1. The van der Waals surface area contributed by atoms with Crippen LogP contribution in [-0.4, -0.2) is 44.8 Å². The minimum absolute atomic E-state index is 0.0217. The van der Waals surface area contributed by atoms with E-state index in [-0.39, 0.29) is 23.1 Å². The van der Waals surface area contributed by atoms with Gasteiger partial charge in [0.15, 0.2) is 0 Å². The number of aldehydes is 1. The molecule has 0 aromatic heterocycles. The van der Waals surface area contributed by atoms with Crippen LogP contribution in [0.1, 0.15) is 51.7 Å². The highest BCUT2D eigenvalue weighted by Crippen LogP contribution is 2.37. The normalized spacial score (nSPS) is 16.9. The molecule has 2 atom stereocenters. The van der Waals surface area contributed by atoms with Crippen LogP contribution in [-0.2, 0) is 20.6 Å². The number of hydrogen-bond donors (Lipinski definition) is 0. The Morgan fingerprint density at radius 1 is 0.974 bits per heavy atom. The Hall–Kier alpha value is -3.22. The van der Waals surface area contributed by atoms with E-state index in [9.17, 15) is 9.59 Å². The molecule has 0 aliphatic carbocycles. The average Bonchev–Trinajstić information content (AvgIpc) is 3.28. The lowest BCUT2D eigenvalue weighted by Crippen LogP contribution is -2.66. The predicted octanol–water partition coefficient (Wildman–Crippen LogP) is 5.52. The van der Waals surface area contributed by atoms with E-state index in [1.54, 1.807) is 4.90 Å². The van der Waals surface area contributed by atoms with Crippen LogP contribution in [0.4, 0.5) is 4.79 Å². The van der Waals surface area contributed by atoms with E-state index in [4.69, 9.17) is 9.16 Å². The molecule has 5 nitrogen and oxygen atoms in total. The highest BCUT2D eigenvalue weighted by Gasteiger charge is 2.50. The third-order valence-corrected chi connectivity index (χ3v) is 12.6. The molecule has 0 spiro atoms. The molecule has 1 fully saturated rings. The monoisotopic (exact) mass is 529 g/mol. The molecule has 6 heteroatoms. The van der Waals surface area contributed by atoms with Gasteiger partial charge in [-0.05, 0) is 32.5 Å². The second kappa shape index (κ2) is 11.7. The van der Waals surface area contributed by atoms with Gasteiger partial charge in [-0.1, -0.05) is 120 Å². The van der Waals surface area contributed by atoms with Crippen LogP contribution in [0, 0.1) is 5.92 Å². The molecule has 1 aliphatic rings. The van der Waals surface area contributed by atoms with Gasteiger partial charge in [-0.2, -0.15) is 0 Å². The predicted molar refractivity (Wildman–Crippen MR) is 154 cm³/mol. The van der Waals surface area contributed by atoms with Crippen molar-refractivity contribution in [1.29, 1.82) is 0 Å². The summed E-state index contributed by atoms with van der Waals surface area (Å²) in [7, 11) is -2.68. The van der Waals surface area contributed by atoms with Crippen molar-refractivity contribution in [3.63, 3.8) is 0 Å². The second-order valence-electron chi connectivity index (χ2n) is 11.5. The van der Waals surface area contributed by atoms with Crippen LogP contribution in [0.5, 0.6) is 0 Å². The Morgan fingerprint density at radius 2 is 1.58 bits per heavy atom. The minimum Gasteiger partial charge on any atom is -0.447 e. The first-order valence-corrected chi connectivity index (χ1v) is 15.3. The number of carbonyl (C=O) groups excluding carboxylic acids is 2. The van der Waals surface area contributed by atoms with E-state index >= 15 is 0 Å². The molecular weight excluding hydrogens is 490 g/mol. The summed E-state index contributed by atoms with van der Waals surface area (Å²) in [4.78, 5) is 26.3. The summed E-state index contributed by atoms with van der Waals surface area (Å²) < 4.78 is 12.4. The fraction of sp³-hybridized carbons (Fsp3) is 0.375. The van der Waals surface area contributed by atoms with Gasteiger partial charge in [0.25, 0.3) is 8.32 Å². The van der Waals surface area contributed by atoms with Crippen molar-refractivity contribution in [1.82, 2.24) is 4.90 Å². The molecular formula is C32H39NO4Si. The fourth-order valence-electron chi connectivity index (χ4n) is 5.53. The van der Waals surface area contributed by atoms with E-state index in [0.717, 1.165) is 17.4 Å². The molecule has 1 amide bonds. The Morgan fingerprint density at radius 3 is 2.11 bits per heavy atom. The Bertz CT molecular complexity index is 1180. The molecule has 4 rings (SSSR count). The van der Waals surface area contributed by atoms with Crippen molar-refractivity contribution in [2.45, 2.75) is 58.2 Å². The van der Waals surface area contributed by atoms with Crippen LogP contribution in [0.3, 0.4) is 0 Å². The molecule has 0 saturated carbocycles. The van der Waals surface area contributed by atoms with Gasteiger partial charge in [-0.15, -0.1) is 0 Å². The number of benzene rings is 3. The maximum atomic E-state index is 12.4. The number of rotatable bonds is 10. The van der Waals surface area contributed by atoms with Crippen molar-refractivity contribution in [3.05, 3.63) is 96.1 Å². The molecule has 1 saturated heterocycles. The molecule has 0 unspecified atom stereocenters. The molecule has 38 heavy (non-hydrogen) atoms. The van der Waals surface area contributed by atoms with Gasteiger partial charge in [0.2, 0.25) is 0 Å². The standard InChI is InChI=1S/C32H39NO4Si/c1-24(2)30-23-36-31(35)33(30)20-27(21-34)26-14-12-13-25(19-26)22-37-38(32(3,4)5,28-15-8-6-9-16-28)29-17-10-7-11-18-29/h6-19,21,24,27,30H,20,22-23H2,1-5H3/t27-,30+/m0/s1. The van der Waals surface area contributed by atoms with E-state index in [1.165, 1.54) is 10.4 Å². The quantitative estimate of drug-likeness (QED) is 0.256. The number of nitrogens with zero attached hydrogens (tertiary/aromatic N) is 1. The number of cyclic esters (lactones) is 1. The second-order valence-corrected chi connectivity index (χ2v) is 15.8. The first kappa shape index (κ1) is 27.8. The Kier molecular flexibility index (Phi) is 8.53. The van der Waals surface area contributed by atoms with Crippen molar-refractivity contribution < 1.29 is 18.8 Å². The summed E-state index contributed by atoms with van der Waals surface area (Å²) in [6, 6.07) is 29.1. The van der Waals surface area contributed by atoms with Crippen LogP contribution in [0.15, 0.2) is 84.9 Å². The lowest BCUT2D eigenvalue weighted by Gasteiger charge is -2.43. The highest BCUT2D eigenvalue weighted by molar-refractivity contribution is 6.99. The van der Waals surface area contributed by atoms with E-state index < -0.39 is 14.2 Å². The lowest BCUT2D eigenvalue weighted by atomic mass is 9.96. The van der Waals surface area contributed by atoms with Crippen molar-refractivity contribution in [2.75, 3.05) is 13.2 Å². The summed E-state index contributed by atoms with van der Waals surface area (Å²) >= 11 is 0. The summed E-state index contributed by atoms with van der Waals surface area (Å²) in [5.41, 5.74) is 1.89. The number of amides is 1. The number of carbonyl (C=O) groups is 2. The Labute approximate surface area is 227 Å². The lowest BCUT2D eigenvalue weighted by molar-refractivity contribution is -0.109. The molecule has 1 aliphatic heterocycles. The number of hydrogen-bond acceptors (Lipinski definition) is 4. The van der Waals surface area contributed by atoms with Crippen LogP contribution in [0.25, 0.3) is 0 Å². The Balaban J connectivity index is 1.63.